The number of nitrogens with zero attached hydrogens (tertiary/aromatic N) is 1. The second-order valence-electron chi connectivity index (χ2n) is 4.54. The van der Waals surface area contributed by atoms with Gasteiger partial charge >= 0.3 is 12.0 Å². The number of rotatable bonds is 5. The predicted molar refractivity (Wildman–Crippen MR) is 74.3 cm³/mol. The summed E-state index contributed by atoms with van der Waals surface area (Å²) in [5, 5.41) is 11.6. The number of hydrogen-bond donors (Lipinski definition) is 2. The van der Waals surface area contributed by atoms with Gasteiger partial charge in [-0.05, 0) is 32.4 Å². The van der Waals surface area contributed by atoms with Crippen molar-refractivity contribution in [2.24, 2.45) is 0 Å². The van der Waals surface area contributed by atoms with Gasteiger partial charge in [-0.1, -0.05) is 18.2 Å². The number of anilines is 1. The molecule has 0 aromatic heterocycles. The van der Waals surface area contributed by atoms with Gasteiger partial charge in [0, 0.05) is 18.3 Å². The van der Waals surface area contributed by atoms with Gasteiger partial charge < -0.3 is 15.3 Å². The number of urea groups is 1. The summed E-state index contributed by atoms with van der Waals surface area (Å²) in [5.41, 5.74) is 1.15. The Balaban J connectivity index is 2.87. The summed E-state index contributed by atoms with van der Waals surface area (Å²) in [5.74, 6) is -0.919. The molecule has 0 saturated carbocycles. The Kier molecular flexibility index (Phi) is 5.36. The first-order valence-corrected chi connectivity index (χ1v) is 6.33. The molecule has 19 heavy (non-hydrogen) atoms. The van der Waals surface area contributed by atoms with Crippen LogP contribution >= 0.6 is 0 Å². The van der Waals surface area contributed by atoms with Crippen LogP contribution in [0.1, 0.15) is 26.3 Å². The zero-order valence-corrected chi connectivity index (χ0v) is 11.5. The van der Waals surface area contributed by atoms with Crippen molar-refractivity contribution in [3.05, 3.63) is 29.8 Å². The Hall–Kier alpha value is -2.04. The van der Waals surface area contributed by atoms with Crippen LogP contribution in [0, 0.1) is 0 Å². The standard InChI is InChI=1S/C14H20N2O3/c1-4-16(10(2)3)14(19)15-12-8-6-5-7-11(12)9-13(17)18/h5-8,10H,4,9H2,1-3H3,(H,15,19)(H,17,18). The molecule has 5 heteroatoms. The Morgan fingerprint density at radius 2 is 1.95 bits per heavy atom. The van der Waals surface area contributed by atoms with Crippen LogP contribution in [0.25, 0.3) is 0 Å². The monoisotopic (exact) mass is 264 g/mol. The summed E-state index contributed by atoms with van der Waals surface area (Å²) in [6.45, 7) is 6.38. The third kappa shape index (κ3) is 4.28. The van der Waals surface area contributed by atoms with Crippen LogP contribution in [0.15, 0.2) is 24.3 Å². The average Bonchev–Trinajstić information content (AvgIpc) is 2.31. The average molecular weight is 264 g/mol. The molecule has 1 aromatic carbocycles. The number of amides is 2. The summed E-state index contributed by atoms with van der Waals surface area (Å²) in [4.78, 5) is 24.6. The van der Waals surface area contributed by atoms with Gasteiger partial charge in [0.05, 0.1) is 6.42 Å². The smallest absolute Gasteiger partial charge is 0.322 e. The van der Waals surface area contributed by atoms with Crippen molar-refractivity contribution < 1.29 is 14.7 Å². The van der Waals surface area contributed by atoms with Gasteiger partial charge in [-0.2, -0.15) is 0 Å². The maximum Gasteiger partial charge on any atom is 0.322 e. The topological polar surface area (TPSA) is 69.6 Å². The van der Waals surface area contributed by atoms with Gasteiger partial charge in [-0.25, -0.2) is 4.79 Å². The highest BCUT2D eigenvalue weighted by molar-refractivity contribution is 5.91. The van der Waals surface area contributed by atoms with Crippen molar-refractivity contribution in [1.29, 1.82) is 0 Å². The predicted octanol–water partition coefficient (Wildman–Crippen LogP) is 2.58. The van der Waals surface area contributed by atoms with Gasteiger partial charge in [0.25, 0.3) is 0 Å². The number of carbonyl (C=O) groups is 2. The fraction of sp³-hybridized carbons (Fsp3) is 0.429. The number of carboxylic acids is 1. The van der Waals surface area contributed by atoms with E-state index in [1.165, 1.54) is 0 Å². The van der Waals surface area contributed by atoms with Crippen molar-refractivity contribution in [3.8, 4) is 0 Å². The van der Waals surface area contributed by atoms with E-state index in [4.69, 9.17) is 5.11 Å². The summed E-state index contributed by atoms with van der Waals surface area (Å²) >= 11 is 0. The van der Waals surface area contributed by atoms with E-state index < -0.39 is 5.97 Å². The van der Waals surface area contributed by atoms with Crippen LogP contribution in [0.5, 0.6) is 0 Å². The van der Waals surface area contributed by atoms with Crippen LogP contribution in [0.2, 0.25) is 0 Å². The van der Waals surface area contributed by atoms with Crippen molar-refractivity contribution in [3.63, 3.8) is 0 Å². The molecule has 1 aromatic rings. The van der Waals surface area contributed by atoms with Crippen LogP contribution in [0.3, 0.4) is 0 Å². The third-order valence-electron chi connectivity index (χ3n) is 2.83. The lowest BCUT2D eigenvalue weighted by Gasteiger charge is -2.25. The molecule has 2 amide bonds. The van der Waals surface area contributed by atoms with Crippen LogP contribution in [-0.2, 0) is 11.2 Å². The Morgan fingerprint density at radius 1 is 1.32 bits per heavy atom. The number of carboxylic acid groups (broad SMARTS) is 1. The fourth-order valence-electron chi connectivity index (χ4n) is 1.89. The van der Waals surface area contributed by atoms with Crippen molar-refractivity contribution >= 4 is 17.7 Å². The number of nitrogens with one attached hydrogen (secondary N) is 1. The van der Waals surface area contributed by atoms with Gasteiger partial charge in [-0.3, -0.25) is 4.79 Å². The fourth-order valence-corrected chi connectivity index (χ4v) is 1.89. The highest BCUT2D eigenvalue weighted by Crippen LogP contribution is 2.16. The molecular weight excluding hydrogens is 244 g/mol. The second-order valence-corrected chi connectivity index (χ2v) is 4.54. The van der Waals surface area contributed by atoms with E-state index in [0.29, 0.717) is 17.8 Å². The molecule has 0 saturated heterocycles. The molecule has 5 nitrogen and oxygen atoms in total. The summed E-state index contributed by atoms with van der Waals surface area (Å²) in [7, 11) is 0. The molecule has 0 unspecified atom stereocenters. The van der Waals surface area contributed by atoms with Gasteiger partial charge in [0.15, 0.2) is 0 Å². The molecule has 2 N–H and O–H groups in total. The molecule has 0 heterocycles. The molecule has 0 atom stereocenters. The maximum atomic E-state index is 12.1. The van der Waals surface area contributed by atoms with Crippen molar-refractivity contribution in [2.75, 3.05) is 11.9 Å². The highest BCUT2D eigenvalue weighted by Gasteiger charge is 2.16. The number of hydrogen-bond acceptors (Lipinski definition) is 2. The Bertz CT molecular complexity index is 458. The van der Waals surface area contributed by atoms with Gasteiger partial charge in [-0.15, -0.1) is 0 Å². The molecule has 0 radical (unpaired) electrons. The van der Waals surface area contributed by atoms with E-state index in [1.807, 2.05) is 20.8 Å². The number of benzene rings is 1. The number of para-hydroxylation sites is 1. The molecule has 0 aliphatic heterocycles. The van der Waals surface area contributed by atoms with Crippen LogP contribution in [0.4, 0.5) is 10.5 Å². The number of aliphatic carboxylic acids is 1. The van der Waals surface area contributed by atoms with E-state index in [9.17, 15) is 9.59 Å². The van der Waals surface area contributed by atoms with E-state index in [-0.39, 0.29) is 18.5 Å². The minimum absolute atomic E-state index is 0.0941. The lowest BCUT2D eigenvalue weighted by atomic mass is 10.1. The van der Waals surface area contributed by atoms with E-state index in [1.54, 1.807) is 29.2 Å². The zero-order chi connectivity index (χ0) is 14.4. The molecule has 0 fully saturated rings. The zero-order valence-electron chi connectivity index (χ0n) is 11.5. The molecule has 0 bridgehead atoms. The van der Waals surface area contributed by atoms with Crippen LogP contribution in [-0.4, -0.2) is 34.6 Å². The van der Waals surface area contributed by atoms with Gasteiger partial charge in [0.1, 0.15) is 0 Å². The normalized spacial score (nSPS) is 10.3. The number of carbonyl (C=O) groups excluding carboxylic acids is 1. The Morgan fingerprint density at radius 3 is 2.47 bits per heavy atom. The lowest BCUT2D eigenvalue weighted by Crippen LogP contribution is -2.40. The highest BCUT2D eigenvalue weighted by atomic mass is 16.4. The third-order valence-corrected chi connectivity index (χ3v) is 2.83. The van der Waals surface area contributed by atoms with Crippen molar-refractivity contribution in [2.45, 2.75) is 33.2 Å². The van der Waals surface area contributed by atoms with Gasteiger partial charge in [0.2, 0.25) is 0 Å². The lowest BCUT2D eigenvalue weighted by molar-refractivity contribution is -0.136. The minimum atomic E-state index is -0.919. The molecule has 0 aliphatic carbocycles. The van der Waals surface area contributed by atoms with E-state index in [0.717, 1.165) is 0 Å². The Labute approximate surface area is 113 Å². The van der Waals surface area contributed by atoms with E-state index >= 15 is 0 Å². The van der Waals surface area contributed by atoms with Crippen molar-refractivity contribution in [1.82, 2.24) is 4.90 Å². The van der Waals surface area contributed by atoms with Crippen LogP contribution < -0.4 is 5.32 Å². The SMILES string of the molecule is CCN(C(=O)Nc1ccccc1CC(=O)O)C(C)C. The first kappa shape index (κ1) is 15.0. The van der Waals surface area contributed by atoms with E-state index in [2.05, 4.69) is 5.32 Å². The largest absolute Gasteiger partial charge is 0.481 e. The second kappa shape index (κ2) is 6.78. The summed E-state index contributed by atoms with van der Waals surface area (Å²) in [6, 6.07) is 6.83. The first-order valence-electron chi connectivity index (χ1n) is 6.33. The molecule has 0 spiro atoms. The maximum absolute atomic E-state index is 12.1. The quantitative estimate of drug-likeness (QED) is 0.858. The molecular formula is C14H20N2O3. The summed E-state index contributed by atoms with van der Waals surface area (Å²) in [6.07, 6.45) is -0.107. The minimum Gasteiger partial charge on any atom is -0.481 e. The molecule has 0 aliphatic rings. The first-order chi connectivity index (χ1) is 8.95. The molecule has 1 rings (SSSR count). The molecule has 104 valence electrons. The summed E-state index contributed by atoms with van der Waals surface area (Å²) < 4.78 is 0.